The van der Waals surface area contributed by atoms with Crippen LogP contribution in [0.1, 0.15) is 24.2 Å². The third-order valence-electron chi connectivity index (χ3n) is 7.18. The van der Waals surface area contributed by atoms with Crippen LogP contribution in [-0.4, -0.2) is 72.0 Å². The summed E-state index contributed by atoms with van der Waals surface area (Å²) >= 11 is 6.35. The lowest BCUT2D eigenvalue weighted by atomic mass is 10.0. The Hall–Kier alpha value is -3.76. The van der Waals surface area contributed by atoms with Crippen LogP contribution in [-0.2, 0) is 0 Å². The van der Waals surface area contributed by atoms with Gasteiger partial charge in [-0.3, -0.25) is 9.69 Å². The maximum Gasteiger partial charge on any atom is 0.270 e. The third kappa shape index (κ3) is 4.13. The van der Waals surface area contributed by atoms with Crippen LogP contribution in [0.4, 0.5) is 33.2 Å². The molecule has 0 radical (unpaired) electrons. The molecule has 0 atom stereocenters. The van der Waals surface area contributed by atoms with Gasteiger partial charge in [-0.15, -0.1) is 0 Å². The zero-order valence-electron chi connectivity index (χ0n) is 21.4. The van der Waals surface area contributed by atoms with Gasteiger partial charge in [0.1, 0.15) is 17.1 Å². The molecule has 0 bridgehead atoms. The number of aliphatic imine (C=N–C) groups is 1. The molecule has 1 N–H and O–H groups in total. The molecular weight excluding hydrogens is 507 g/mol. The molecule has 2 aromatic carbocycles. The van der Waals surface area contributed by atoms with E-state index in [0.717, 1.165) is 31.9 Å². The Morgan fingerprint density at radius 1 is 1.05 bits per heavy atom. The number of guanidine groups is 1. The van der Waals surface area contributed by atoms with Gasteiger partial charge in [-0.1, -0.05) is 17.7 Å². The highest BCUT2D eigenvalue weighted by Gasteiger charge is 2.48. The molecule has 3 aliphatic heterocycles. The number of carbonyl (C=O) groups is 1. The first kappa shape index (κ1) is 24.6. The molecule has 0 unspecified atom stereocenters. The predicted molar refractivity (Wildman–Crippen MR) is 149 cm³/mol. The molecule has 1 fully saturated rings. The summed E-state index contributed by atoms with van der Waals surface area (Å²) in [6.45, 7) is 8.47. The largest absolute Gasteiger partial charge is 0.369 e. The lowest BCUT2D eigenvalue weighted by molar-refractivity contribution is 0.0998. The number of anilines is 5. The van der Waals surface area contributed by atoms with Gasteiger partial charge < -0.3 is 15.1 Å². The molecule has 38 heavy (non-hydrogen) atoms. The summed E-state index contributed by atoms with van der Waals surface area (Å²) in [6, 6.07) is 12.5. The Kier molecular flexibility index (Phi) is 5.96. The zero-order valence-corrected chi connectivity index (χ0v) is 22.2. The average Bonchev–Trinajstić information content (AvgIpc) is 3.21. The second-order valence-corrected chi connectivity index (χ2v) is 10.8. The topological polar surface area (TPSA) is 80.2 Å². The van der Waals surface area contributed by atoms with Gasteiger partial charge in [-0.05, 0) is 57.3 Å². The third-order valence-corrected chi connectivity index (χ3v) is 7.48. The summed E-state index contributed by atoms with van der Waals surface area (Å²) in [5.41, 5.74) is 1.71. The Balaban J connectivity index is 1.31. The number of piperazine rings is 1. The minimum Gasteiger partial charge on any atom is -0.369 e. The molecule has 0 spiro atoms. The smallest absolute Gasteiger partial charge is 0.270 e. The first-order valence-corrected chi connectivity index (χ1v) is 12.9. The van der Waals surface area contributed by atoms with Crippen LogP contribution in [0.5, 0.6) is 0 Å². The van der Waals surface area contributed by atoms with Gasteiger partial charge in [0.05, 0.1) is 17.1 Å². The van der Waals surface area contributed by atoms with Crippen molar-refractivity contribution in [3.05, 3.63) is 65.1 Å². The van der Waals surface area contributed by atoms with Crippen molar-refractivity contribution in [2.75, 3.05) is 59.8 Å². The highest BCUT2D eigenvalue weighted by molar-refractivity contribution is 6.38. The van der Waals surface area contributed by atoms with Crippen molar-refractivity contribution in [2.24, 2.45) is 4.99 Å². The van der Waals surface area contributed by atoms with E-state index in [1.807, 2.05) is 30.9 Å². The number of para-hydroxylation sites is 1. The van der Waals surface area contributed by atoms with Crippen LogP contribution in [0.25, 0.3) is 0 Å². The predicted octanol–water partition coefficient (Wildman–Crippen LogP) is 4.38. The number of nitrogens with one attached hydrogen (secondary N) is 1. The fraction of sp³-hybridized carbons (Fsp3) is 0.333. The quantitative estimate of drug-likeness (QED) is 0.532. The number of nitrogens with zero attached hydrogens (tertiary/aromatic N) is 7. The minimum absolute atomic E-state index is 0.0334. The first-order valence-electron chi connectivity index (χ1n) is 12.5. The molecule has 3 aromatic rings. The zero-order chi connectivity index (χ0) is 26.6. The van der Waals surface area contributed by atoms with Crippen molar-refractivity contribution in [3.8, 4) is 0 Å². The molecule has 3 aliphatic rings. The van der Waals surface area contributed by atoms with Gasteiger partial charge >= 0.3 is 0 Å². The summed E-state index contributed by atoms with van der Waals surface area (Å²) < 4.78 is 14.9. The Morgan fingerprint density at radius 3 is 2.50 bits per heavy atom. The van der Waals surface area contributed by atoms with Crippen LogP contribution in [0.2, 0.25) is 5.02 Å². The van der Waals surface area contributed by atoms with Gasteiger partial charge in [-0.25, -0.2) is 19.3 Å². The number of halogens is 2. The van der Waals surface area contributed by atoms with Gasteiger partial charge in [0.2, 0.25) is 11.9 Å². The molecule has 0 saturated carbocycles. The van der Waals surface area contributed by atoms with Crippen molar-refractivity contribution in [2.45, 2.75) is 19.4 Å². The fourth-order valence-electron chi connectivity index (χ4n) is 5.05. The van der Waals surface area contributed by atoms with E-state index in [2.05, 4.69) is 44.3 Å². The fourth-order valence-corrected chi connectivity index (χ4v) is 5.30. The van der Waals surface area contributed by atoms with Gasteiger partial charge in [0.15, 0.2) is 5.82 Å². The van der Waals surface area contributed by atoms with Gasteiger partial charge in [0.25, 0.3) is 5.91 Å². The first-order chi connectivity index (χ1) is 18.2. The van der Waals surface area contributed by atoms with E-state index < -0.39 is 17.3 Å². The Morgan fingerprint density at radius 2 is 1.79 bits per heavy atom. The number of carbonyl (C=O) groups excluding carboxylic acids is 1. The monoisotopic (exact) mass is 534 g/mol. The maximum absolute atomic E-state index is 14.9. The van der Waals surface area contributed by atoms with E-state index in [1.54, 1.807) is 6.07 Å². The molecule has 1 amide bonds. The molecule has 1 saturated heterocycles. The normalized spacial score (nSPS) is 18.8. The molecule has 6 rings (SSSR count). The van der Waals surface area contributed by atoms with E-state index in [9.17, 15) is 9.18 Å². The molecule has 1 aromatic heterocycles. The van der Waals surface area contributed by atoms with Crippen molar-refractivity contribution in [1.29, 1.82) is 0 Å². The van der Waals surface area contributed by atoms with E-state index >= 15 is 0 Å². The van der Waals surface area contributed by atoms with Crippen LogP contribution >= 0.6 is 11.6 Å². The lowest BCUT2D eigenvalue weighted by Gasteiger charge is -2.41. The number of benzene rings is 2. The van der Waals surface area contributed by atoms with E-state index in [0.29, 0.717) is 24.3 Å². The van der Waals surface area contributed by atoms with Gasteiger partial charge in [-0.2, -0.15) is 4.98 Å². The van der Waals surface area contributed by atoms with Crippen LogP contribution in [0.3, 0.4) is 0 Å². The summed E-state index contributed by atoms with van der Waals surface area (Å²) in [4.78, 5) is 35.2. The van der Waals surface area contributed by atoms with Crippen molar-refractivity contribution < 1.29 is 9.18 Å². The highest BCUT2D eigenvalue weighted by atomic mass is 35.5. The Bertz CT molecular complexity index is 1420. The second kappa shape index (κ2) is 9.21. The molecular formula is C27H28ClFN8O. The number of hydrogen-bond acceptors (Lipinski definition) is 8. The Labute approximate surface area is 225 Å². The standard InChI is InChI=1S/C27H28ClFN8O/c1-27(2)16-31-26-36(22-20(28)5-4-6-21(22)29)24(38)19-15-30-25(33-23(19)37(26)27)32-17-7-9-18(10-8-17)35-13-11-34(3)12-14-35/h4-10,15H,11-14,16H2,1-3H3,(H,30,32,33). The number of rotatable bonds is 4. The molecule has 196 valence electrons. The van der Waals surface area contributed by atoms with E-state index in [4.69, 9.17) is 16.6 Å². The maximum atomic E-state index is 14.9. The summed E-state index contributed by atoms with van der Waals surface area (Å²) in [5, 5.41) is 3.37. The van der Waals surface area contributed by atoms with Crippen molar-refractivity contribution in [1.82, 2.24) is 14.9 Å². The van der Waals surface area contributed by atoms with Crippen molar-refractivity contribution >= 4 is 52.3 Å². The molecule has 11 heteroatoms. The lowest BCUT2D eigenvalue weighted by Crippen LogP contribution is -2.57. The highest BCUT2D eigenvalue weighted by Crippen LogP contribution is 2.41. The van der Waals surface area contributed by atoms with Crippen LogP contribution in [0.15, 0.2) is 53.7 Å². The molecule has 0 aliphatic carbocycles. The van der Waals surface area contributed by atoms with E-state index in [-0.39, 0.29) is 16.3 Å². The van der Waals surface area contributed by atoms with Crippen LogP contribution < -0.4 is 20.0 Å². The molecule has 4 heterocycles. The van der Waals surface area contributed by atoms with E-state index in [1.165, 1.54) is 28.9 Å². The summed E-state index contributed by atoms with van der Waals surface area (Å²) in [6.07, 6.45) is 1.47. The minimum atomic E-state index is -0.610. The van der Waals surface area contributed by atoms with Crippen molar-refractivity contribution in [3.63, 3.8) is 0 Å². The number of aromatic nitrogens is 2. The average molecular weight is 535 g/mol. The summed E-state index contributed by atoms with van der Waals surface area (Å²) in [5.74, 6) is -0.0285. The number of fused-ring (bicyclic) bond motifs is 3. The number of amides is 1. The molecule has 9 nitrogen and oxygen atoms in total. The number of hydrogen-bond donors (Lipinski definition) is 1. The second-order valence-electron chi connectivity index (χ2n) is 10.4. The number of likely N-dealkylation sites (N-methyl/N-ethyl adjacent to an activating group) is 1. The SMILES string of the molecule is CN1CCN(c2ccc(Nc3ncc4c(n3)N3C(=NCC3(C)C)N(c3c(F)cccc3Cl)C4=O)cc2)CC1. The van der Waals surface area contributed by atoms with Crippen LogP contribution in [0, 0.1) is 5.82 Å². The van der Waals surface area contributed by atoms with Gasteiger partial charge in [0, 0.05) is 43.8 Å². The summed E-state index contributed by atoms with van der Waals surface area (Å²) in [7, 11) is 2.14.